The van der Waals surface area contributed by atoms with Crippen LogP contribution in [0.5, 0.6) is 0 Å². The number of aryl methyl sites for hydroxylation is 1. The van der Waals surface area contributed by atoms with Crippen LogP contribution in [0.3, 0.4) is 0 Å². The van der Waals surface area contributed by atoms with Crippen molar-refractivity contribution in [1.29, 1.82) is 0 Å². The number of carbonyl (C=O) groups excluding carboxylic acids is 1. The maximum atomic E-state index is 13.2. The maximum absolute atomic E-state index is 13.2. The Balaban J connectivity index is 1.71. The van der Waals surface area contributed by atoms with Gasteiger partial charge in [-0.3, -0.25) is 4.79 Å². The molecule has 1 heterocycles. The monoisotopic (exact) mass is 304 g/mol. The molecule has 1 unspecified atom stereocenters. The fourth-order valence-electron chi connectivity index (χ4n) is 2.60. The molecular formula is C15H14F2N4O. The molecule has 1 aromatic carbocycles. The zero-order chi connectivity index (χ0) is 15.7. The van der Waals surface area contributed by atoms with Crippen molar-refractivity contribution in [3.05, 3.63) is 52.9 Å². The molecule has 1 aliphatic carbocycles. The smallest absolute Gasteiger partial charge is 0.251 e. The topological polar surface area (TPSA) is 80.9 Å². The van der Waals surface area contributed by atoms with Gasteiger partial charge in [-0.2, -0.15) is 0 Å². The van der Waals surface area contributed by atoms with E-state index in [1.165, 1.54) is 0 Å². The second kappa shape index (κ2) is 5.67. The number of nitrogens with one attached hydrogen (secondary N) is 1. The lowest BCUT2D eigenvalue weighted by atomic mass is 9.92. The van der Waals surface area contributed by atoms with Gasteiger partial charge in [0.1, 0.15) is 11.6 Å². The molecule has 1 aliphatic rings. The van der Waals surface area contributed by atoms with E-state index < -0.39 is 17.5 Å². The van der Waals surface area contributed by atoms with Crippen LogP contribution in [-0.2, 0) is 12.8 Å². The molecule has 0 saturated carbocycles. The van der Waals surface area contributed by atoms with Crippen LogP contribution in [0.1, 0.15) is 28.0 Å². The standard InChI is InChI=1S/C15H14F2N4O/c16-10-3-8(4-11(17)6-10)14(22)20-12-1-2-13-9(5-12)7-19-15(18)21-13/h3-4,6-7,12H,1-2,5H2,(H,20,22)(H2,18,19,21). The van der Waals surface area contributed by atoms with Crippen molar-refractivity contribution >= 4 is 11.9 Å². The molecule has 0 bridgehead atoms. The van der Waals surface area contributed by atoms with Crippen molar-refractivity contribution in [2.45, 2.75) is 25.3 Å². The van der Waals surface area contributed by atoms with Crippen LogP contribution >= 0.6 is 0 Å². The van der Waals surface area contributed by atoms with Crippen LogP contribution < -0.4 is 11.1 Å². The summed E-state index contributed by atoms with van der Waals surface area (Å²) in [5.74, 6) is -1.81. The van der Waals surface area contributed by atoms with Crippen LogP contribution in [0.25, 0.3) is 0 Å². The second-order valence-electron chi connectivity index (χ2n) is 5.27. The minimum absolute atomic E-state index is 0.0307. The molecule has 0 spiro atoms. The van der Waals surface area contributed by atoms with E-state index in [-0.39, 0.29) is 17.6 Å². The summed E-state index contributed by atoms with van der Waals surface area (Å²) in [5, 5.41) is 2.79. The number of nitrogens with zero attached hydrogens (tertiary/aromatic N) is 2. The number of halogens is 2. The van der Waals surface area contributed by atoms with Gasteiger partial charge in [0, 0.05) is 29.6 Å². The van der Waals surface area contributed by atoms with Crippen LogP contribution in [0, 0.1) is 11.6 Å². The minimum Gasteiger partial charge on any atom is -0.368 e. The number of hydrogen-bond donors (Lipinski definition) is 2. The summed E-state index contributed by atoms with van der Waals surface area (Å²) in [7, 11) is 0. The molecule has 22 heavy (non-hydrogen) atoms. The van der Waals surface area contributed by atoms with Gasteiger partial charge in [0.25, 0.3) is 5.91 Å². The first-order valence-corrected chi connectivity index (χ1v) is 6.88. The fourth-order valence-corrected chi connectivity index (χ4v) is 2.60. The fraction of sp³-hybridized carbons (Fsp3) is 0.267. The quantitative estimate of drug-likeness (QED) is 0.883. The molecule has 0 saturated heterocycles. The van der Waals surface area contributed by atoms with E-state index in [0.29, 0.717) is 19.3 Å². The van der Waals surface area contributed by atoms with Gasteiger partial charge in [0.05, 0.1) is 0 Å². The largest absolute Gasteiger partial charge is 0.368 e. The van der Waals surface area contributed by atoms with E-state index in [1.54, 1.807) is 6.20 Å². The molecule has 1 atom stereocenters. The molecule has 7 heteroatoms. The van der Waals surface area contributed by atoms with E-state index in [1.807, 2.05) is 0 Å². The van der Waals surface area contributed by atoms with Crippen molar-refractivity contribution < 1.29 is 13.6 Å². The van der Waals surface area contributed by atoms with E-state index >= 15 is 0 Å². The number of amides is 1. The van der Waals surface area contributed by atoms with Gasteiger partial charge in [-0.05, 0) is 37.0 Å². The average Bonchev–Trinajstić information content (AvgIpc) is 2.46. The number of hydrogen-bond acceptors (Lipinski definition) is 4. The Hall–Kier alpha value is -2.57. The first kappa shape index (κ1) is 14.4. The van der Waals surface area contributed by atoms with Gasteiger partial charge in [0.15, 0.2) is 0 Å². The first-order valence-electron chi connectivity index (χ1n) is 6.88. The van der Waals surface area contributed by atoms with Gasteiger partial charge in [0.2, 0.25) is 5.95 Å². The third-order valence-corrected chi connectivity index (χ3v) is 3.63. The van der Waals surface area contributed by atoms with Crippen LogP contribution in [0.15, 0.2) is 24.4 Å². The van der Waals surface area contributed by atoms with Crippen LogP contribution in [0.2, 0.25) is 0 Å². The van der Waals surface area contributed by atoms with Gasteiger partial charge < -0.3 is 11.1 Å². The van der Waals surface area contributed by atoms with E-state index in [0.717, 1.165) is 29.5 Å². The number of aromatic nitrogens is 2. The number of nitrogens with two attached hydrogens (primary N) is 1. The van der Waals surface area contributed by atoms with Crippen LogP contribution in [-0.4, -0.2) is 21.9 Å². The SMILES string of the molecule is Nc1ncc2c(n1)CCC(NC(=O)c1cc(F)cc(F)c1)C2. The van der Waals surface area contributed by atoms with Crippen molar-refractivity contribution in [1.82, 2.24) is 15.3 Å². The molecule has 0 fully saturated rings. The lowest BCUT2D eigenvalue weighted by molar-refractivity contribution is 0.0932. The van der Waals surface area contributed by atoms with Crippen molar-refractivity contribution in [2.24, 2.45) is 0 Å². The van der Waals surface area contributed by atoms with Gasteiger partial charge >= 0.3 is 0 Å². The molecule has 1 aromatic heterocycles. The predicted molar refractivity (Wildman–Crippen MR) is 76.1 cm³/mol. The molecule has 3 N–H and O–H groups in total. The zero-order valence-corrected chi connectivity index (χ0v) is 11.6. The number of nitrogen functional groups attached to an aromatic ring is 1. The zero-order valence-electron chi connectivity index (χ0n) is 11.6. The van der Waals surface area contributed by atoms with E-state index in [2.05, 4.69) is 15.3 Å². The Labute approximate surface area is 125 Å². The third kappa shape index (κ3) is 3.03. The molecule has 114 valence electrons. The summed E-state index contributed by atoms with van der Waals surface area (Å²) in [5.41, 5.74) is 7.32. The summed E-state index contributed by atoms with van der Waals surface area (Å²) < 4.78 is 26.3. The highest BCUT2D eigenvalue weighted by Gasteiger charge is 2.22. The summed E-state index contributed by atoms with van der Waals surface area (Å²) >= 11 is 0. The van der Waals surface area contributed by atoms with Gasteiger partial charge in [-0.25, -0.2) is 18.7 Å². The molecule has 5 nitrogen and oxygen atoms in total. The Morgan fingerprint density at radius 2 is 2.00 bits per heavy atom. The molecule has 3 rings (SSSR count). The highest BCUT2D eigenvalue weighted by molar-refractivity contribution is 5.94. The van der Waals surface area contributed by atoms with Crippen molar-refractivity contribution in [3.63, 3.8) is 0 Å². The number of carbonyl (C=O) groups is 1. The first-order chi connectivity index (χ1) is 10.5. The average molecular weight is 304 g/mol. The van der Waals surface area contributed by atoms with Gasteiger partial charge in [-0.1, -0.05) is 0 Å². The minimum atomic E-state index is -0.775. The Kier molecular flexibility index (Phi) is 3.70. The van der Waals surface area contributed by atoms with E-state index in [4.69, 9.17) is 5.73 Å². The Morgan fingerprint density at radius 3 is 2.73 bits per heavy atom. The second-order valence-corrected chi connectivity index (χ2v) is 5.27. The molecule has 2 aromatic rings. The van der Waals surface area contributed by atoms with Crippen LogP contribution in [0.4, 0.5) is 14.7 Å². The number of fused-ring (bicyclic) bond motifs is 1. The van der Waals surface area contributed by atoms with Crippen molar-refractivity contribution in [2.75, 3.05) is 5.73 Å². The Morgan fingerprint density at radius 1 is 1.27 bits per heavy atom. The summed E-state index contributed by atoms with van der Waals surface area (Å²) in [6.45, 7) is 0. The Bertz CT molecular complexity index is 715. The van der Waals surface area contributed by atoms with Crippen molar-refractivity contribution in [3.8, 4) is 0 Å². The maximum Gasteiger partial charge on any atom is 0.251 e. The summed E-state index contributed by atoms with van der Waals surface area (Å²) in [4.78, 5) is 20.2. The van der Waals surface area contributed by atoms with E-state index in [9.17, 15) is 13.6 Å². The predicted octanol–water partition coefficient (Wildman–Crippen LogP) is 1.62. The number of benzene rings is 1. The number of rotatable bonds is 2. The third-order valence-electron chi connectivity index (χ3n) is 3.63. The lowest BCUT2D eigenvalue weighted by Gasteiger charge is -2.24. The highest BCUT2D eigenvalue weighted by atomic mass is 19.1. The molecule has 0 aliphatic heterocycles. The molecule has 0 radical (unpaired) electrons. The summed E-state index contributed by atoms with van der Waals surface area (Å²) in [6.07, 6.45) is 3.58. The normalized spacial score (nSPS) is 16.9. The van der Waals surface area contributed by atoms with Gasteiger partial charge in [-0.15, -0.1) is 0 Å². The lowest BCUT2D eigenvalue weighted by Crippen LogP contribution is -2.39. The number of anilines is 1. The molecular weight excluding hydrogens is 290 g/mol. The highest BCUT2D eigenvalue weighted by Crippen LogP contribution is 2.20. The summed E-state index contributed by atoms with van der Waals surface area (Å²) in [6, 6.07) is 2.63. The molecule has 1 amide bonds.